The molecule has 1 saturated carbocycles. The van der Waals surface area contributed by atoms with Crippen molar-refractivity contribution in [2.24, 2.45) is 5.92 Å². The number of hydrogen-bond acceptors (Lipinski definition) is 3. The molecule has 1 aliphatic heterocycles. The van der Waals surface area contributed by atoms with Gasteiger partial charge in [-0.3, -0.25) is 15.0 Å². The molecule has 5 heteroatoms. The number of carbonyl (C=O) groups is 2. The Bertz CT molecular complexity index is 841. The molecule has 2 amide bonds. The third-order valence-corrected chi connectivity index (χ3v) is 5.53. The Morgan fingerprint density at radius 3 is 2.48 bits per heavy atom. The third kappa shape index (κ3) is 3.54. The van der Waals surface area contributed by atoms with E-state index < -0.39 is 6.17 Å². The van der Waals surface area contributed by atoms with Gasteiger partial charge in [-0.25, -0.2) is 5.01 Å². The number of anilines is 1. The largest absolute Gasteiger partial charge is 0.359 e. The third-order valence-electron chi connectivity index (χ3n) is 5.53. The predicted molar refractivity (Wildman–Crippen MR) is 105 cm³/mol. The van der Waals surface area contributed by atoms with Crippen molar-refractivity contribution in [3.63, 3.8) is 0 Å². The molecule has 1 unspecified atom stereocenters. The number of carbonyl (C=O) groups excluding carboxylic acids is 2. The highest BCUT2D eigenvalue weighted by atomic mass is 16.2. The van der Waals surface area contributed by atoms with Gasteiger partial charge in [-0.1, -0.05) is 61.2 Å². The molecule has 2 aromatic carbocycles. The number of fused-ring (bicyclic) bond motifs is 1. The number of amides is 2. The Kier molecular flexibility index (Phi) is 4.84. The lowest BCUT2D eigenvalue weighted by molar-refractivity contribution is -0.130. The number of benzene rings is 2. The van der Waals surface area contributed by atoms with E-state index in [0.29, 0.717) is 5.56 Å². The summed E-state index contributed by atoms with van der Waals surface area (Å²) in [5, 5.41) is 4.87. The molecule has 140 valence electrons. The van der Waals surface area contributed by atoms with Gasteiger partial charge in [0, 0.05) is 11.6 Å². The SMILES string of the molecule is Cc1ccc(C2Nc3ccccc3C(=O)N2NC(=O)C2CCCCC2)cc1. The van der Waals surface area contributed by atoms with Crippen LogP contribution in [0.2, 0.25) is 0 Å². The Morgan fingerprint density at radius 2 is 1.74 bits per heavy atom. The molecule has 2 aliphatic rings. The molecule has 0 bridgehead atoms. The van der Waals surface area contributed by atoms with E-state index in [1.54, 1.807) is 6.07 Å². The van der Waals surface area contributed by atoms with E-state index in [1.165, 1.54) is 11.4 Å². The molecule has 1 heterocycles. The summed E-state index contributed by atoms with van der Waals surface area (Å²) in [5.74, 6) is -0.247. The average Bonchev–Trinajstić information content (AvgIpc) is 2.71. The summed E-state index contributed by atoms with van der Waals surface area (Å²) in [6, 6.07) is 15.5. The molecule has 0 saturated heterocycles. The minimum atomic E-state index is -0.430. The molecule has 2 N–H and O–H groups in total. The van der Waals surface area contributed by atoms with Crippen LogP contribution in [0.1, 0.15) is 59.8 Å². The maximum absolute atomic E-state index is 13.2. The van der Waals surface area contributed by atoms with Crippen LogP contribution in [0.5, 0.6) is 0 Å². The second-order valence-electron chi connectivity index (χ2n) is 7.49. The number of rotatable bonds is 3. The average molecular weight is 363 g/mol. The Balaban J connectivity index is 1.65. The van der Waals surface area contributed by atoms with E-state index in [4.69, 9.17) is 0 Å². The van der Waals surface area contributed by atoms with Crippen LogP contribution in [-0.4, -0.2) is 16.8 Å². The van der Waals surface area contributed by atoms with Gasteiger partial charge < -0.3 is 5.32 Å². The van der Waals surface area contributed by atoms with E-state index in [9.17, 15) is 9.59 Å². The van der Waals surface area contributed by atoms with Gasteiger partial charge in [0.15, 0.2) is 0 Å². The standard InChI is InChI=1S/C22H25N3O2/c1-15-11-13-16(14-12-15)20-23-19-10-6-5-9-18(19)22(27)25(20)24-21(26)17-7-3-2-4-8-17/h5-6,9-14,17,20,23H,2-4,7-8H2,1H3,(H,24,26). The van der Waals surface area contributed by atoms with Crippen molar-refractivity contribution >= 4 is 17.5 Å². The Morgan fingerprint density at radius 1 is 1.04 bits per heavy atom. The number of nitrogens with one attached hydrogen (secondary N) is 2. The quantitative estimate of drug-likeness (QED) is 0.860. The molecule has 1 atom stereocenters. The van der Waals surface area contributed by atoms with E-state index in [-0.39, 0.29) is 17.7 Å². The number of nitrogens with zero attached hydrogens (tertiary/aromatic N) is 1. The zero-order valence-electron chi connectivity index (χ0n) is 15.6. The highest BCUT2D eigenvalue weighted by Crippen LogP contribution is 2.32. The summed E-state index contributed by atoms with van der Waals surface area (Å²) in [5.41, 5.74) is 6.38. The topological polar surface area (TPSA) is 61.4 Å². The summed E-state index contributed by atoms with van der Waals surface area (Å²) in [6.45, 7) is 2.03. The molecule has 5 nitrogen and oxygen atoms in total. The zero-order valence-corrected chi connectivity index (χ0v) is 15.6. The fraction of sp³-hybridized carbons (Fsp3) is 0.364. The van der Waals surface area contributed by atoms with Crippen molar-refractivity contribution in [1.82, 2.24) is 10.4 Å². The van der Waals surface area contributed by atoms with Gasteiger partial charge in [-0.2, -0.15) is 0 Å². The first-order valence-corrected chi connectivity index (χ1v) is 9.69. The second-order valence-corrected chi connectivity index (χ2v) is 7.49. The lowest BCUT2D eigenvalue weighted by Crippen LogP contribution is -2.54. The van der Waals surface area contributed by atoms with E-state index in [1.807, 2.05) is 49.4 Å². The summed E-state index contributed by atoms with van der Waals surface area (Å²) in [6.07, 6.45) is 4.71. The van der Waals surface area contributed by atoms with E-state index in [2.05, 4.69) is 10.7 Å². The fourth-order valence-electron chi connectivity index (χ4n) is 3.93. The first kappa shape index (κ1) is 17.6. The monoisotopic (exact) mass is 363 g/mol. The lowest BCUT2D eigenvalue weighted by atomic mass is 9.89. The molecule has 4 rings (SSSR count). The molecule has 1 aliphatic carbocycles. The highest BCUT2D eigenvalue weighted by molar-refractivity contribution is 6.02. The van der Waals surface area contributed by atoms with Gasteiger partial charge in [0.2, 0.25) is 5.91 Å². The Hall–Kier alpha value is -2.82. The van der Waals surface area contributed by atoms with Crippen molar-refractivity contribution in [3.05, 3.63) is 65.2 Å². The van der Waals surface area contributed by atoms with Crippen LogP contribution < -0.4 is 10.7 Å². The van der Waals surface area contributed by atoms with Crippen LogP contribution in [0.25, 0.3) is 0 Å². The minimum absolute atomic E-state index is 0.0117. The number of hydrazine groups is 1. The van der Waals surface area contributed by atoms with Crippen LogP contribution in [0.4, 0.5) is 5.69 Å². The van der Waals surface area contributed by atoms with Crippen molar-refractivity contribution < 1.29 is 9.59 Å². The minimum Gasteiger partial charge on any atom is -0.359 e. The van der Waals surface area contributed by atoms with Gasteiger partial charge in [0.05, 0.1) is 5.56 Å². The van der Waals surface area contributed by atoms with Gasteiger partial charge in [0.1, 0.15) is 6.17 Å². The first-order valence-electron chi connectivity index (χ1n) is 9.69. The van der Waals surface area contributed by atoms with Crippen molar-refractivity contribution in [1.29, 1.82) is 0 Å². The van der Waals surface area contributed by atoms with E-state index in [0.717, 1.165) is 42.5 Å². The van der Waals surface area contributed by atoms with Crippen LogP contribution in [0.15, 0.2) is 48.5 Å². The molecule has 0 spiro atoms. The molecule has 0 aromatic heterocycles. The van der Waals surface area contributed by atoms with Crippen molar-refractivity contribution in [3.8, 4) is 0 Å². The first-order chi connectivity index (χ1) is 13.1. The molecule has 27 heavy (non-hydrogen) atoms. The maximum atomic E-state index is 13.2. The number of hydrogen-bond donors (Lipinski definition) is 2. The van der Waals surface area contributed by atoms with Gasteiger partial charge >= 0.3 is 0 Å². The highest BCUT2D eigenvalue weighted by Gasteiger charge is 2.35. The number of aryl methyl sites for hydroxylation is 1. The van der Waals surface area contributed by atoms with Crippen molar-refractivity contribution in [2.75, 3.05) is 5.32 Å². The van der Waals surface area contributed by atoms with Gasteiger partial charge in [-0.15, -0.1) is 0 Å². The number of para-hydroxylation sites is 1. The summed E-state index contributed by atoms with van der Waals surface area (Å²) >= 11 is 0. The molecule has 0 radical (unpaired) electrons. The predicted octanol–water partition coefficient (Wildman–Crippen LogP) is 4.17. The van der Waals surface area contributed by atoms with Crippen LogP contribution in [0, 0.1) is 12.8 Å². The smallest absolute Gasteiger partial charge is 0.276 e. The van der Waals surface area contributed by atoms with Gasteiger partial charge in [-0.05, 0) is 37.5 Å². The maximum Gasteiger partial charge on any atom is 0.276 e. The van der Waals surface area contributed by atoms with E-state index >= 15 is 0 Å². The molecule has 2 aromatic rings. The van der Waals surface area contributed by atoms with Crippen LogP contribution in [-0.2, 0) is 4.79 Å². The van der Waals surface area contributed by atoms with Gasteiger partial charge in [0.25, 0.3) is 5.91 Å². The summed E-state index contributed by atoms with van der Waals surface area (Å²) in [4.78, 5) is 26.0. The van der Waals surface area contributed by atoms with Crippen LogP contribution in [0.3, 0.4) is 0 Å². The fourth-order valence-corrected chi connectivity index (χ4v) is 3.93. The summed E-state index contributed by atoms with van der Waals surface area (Å²) < 4.78 is 0. The molecular weight excluding hydrogens is 338 g/mol. The summed E-state index contributed by atoms with van der Waals surface area (Å²) in [7, 11) is 0. The Labute approximate surface area is 159 Å². The molecular formula is C22H25N3O2. The van der Waals surface area contributed by atoms with Crippen LogP contribution >= 0.6 is 0 Å². The second kappa shape index (κ2) is 7.43. The zero-order chi connectivity index (χ0) is 18.8. The molecule has 1 fully saturated rings. The van der Waals surface area contributed by atoms with Crippen molar-refractivity contribution in [2.45, 2.75) is 45.2 Å². The normalized spacial score (nSPS) is 20.0. The lowest BCUT2D eigenvalue weighted by Gasteiger charge is -2.38.